The first-order valence-corrected chi connectivity index (χ1v) is 6.64. The Morgan fingerprint density at radius 2 is 2.15 bits per heavy atom. The van der Waals surface area contributed by atoms with Crippen LogP contribution in [0.2, 0.25) is 0 Å². The number of carbonyl (C=O) groups is 2. The zero-order valence-corrected chi connectivity index (χ0v) is 11.7. The highest BCUT2D eigenvalue weighted by Gasteiger charge is 2.38. The zero-order valence-electron chi connectivity index (χ0n) is 11.7. The van der Waals surface area contributed by atoms with Gasteiger partial charge in [-0.3, -0.25) is 9.59 Å². The molecule has 1 aromatic rings. The Bertz CT molecular complexity index is 586. The Morgan fingerprint density at radius 1 is 1.40 bits per heavy atom. The molecule has 1 fully saturated rings. The molecule has 1 aromatic carbocycles. The molecule has 2 atom stereocenters. The molecule has 4 nitrogen and oxygen atoms in total. The first-order valence-electron chi connectivity index (χ1n) is 6.64. The summed E-state index contributed by atoms with van der Waals surface area (Å²) in [5.41, 5.74) is 2.01. The average Bonchev–Trinajstić information content (AvgIpc) is 2.44. The molecule has 1 aliphatic rings. The van der Waals surface area contributed by atoms with Gasteiger partial charge in [-0.1, -0.05) is 6.07 Å². The summed E-state index contributed by atoms with van der Waals surface area (Å²) in [6, 6.07) is 7.19. The van der Waals surface area contributed by atoms with Crippen LogP contribution in [0.15, 0.2) is 18.2 Å². The summed E-state index contributed by atoms with van der Waals surface area (Å²) in [6.07, 6.45) is 0.944. The van der Waals surface area contributed by atoms with E-state index in [2.05, 4.69) is 6.07 Å². The molecule has 4 heteroatoms. The van der Waals surface area contributed by atoms with E-state index in [-0.39, 0.29) is 17.5 Å². The van der Waals surface area contributed by atoms with Crippen LogP contribution in [0.25, 0.3) is 0 Å². The van der Waals surface area contributed by atoms with Crippen molar-refractivity contribution in [2.45, 2.75) is 25.7 Å². The number of methoxy groups -OCH3 is 1. The molecule has 2 rings (SSSR count). The van der Waals surface area contributed by atoms with Gasteiger partial charge in [-0.25, -0.2) is 0 Å². The van der Waals surface area contributed by atoms with Crippen LogP contribution < -0.4 is 0 Å². The van der Waals surface area contributed by atoms with Crippen molar-refractivity contribution in [1.29, 1.82) is 5.26 Å². The van der Waals surface area contributed by atoms with Gasteiger partial charge in [-0.05, 0) is 36.6 Å². The molecule has 0 amide bonds. The van der Waals surface area contributed by atoms with Gasteiger partial charge in [-0.2, -0.15) is 5.26 Å². The molecule has 0 spiro atoms. The van der Waals surface area contributed by atoms with Crippen molar-refractivity contribution in [3.05, 3.63) is 34.9 Å². The molecule has 0 saturated heterocycles. The number of nitriles is 1. The first kappa shape index (κ1) is 14.4. The van der Waals surface area contributed by atoms with Crippen LogP contribution in [0.1, 0.15) is 35.4 Å². The molecule has 2 unspecified atom stereocenters. The average molecular weight is 271 g/mol. The topological polar surface area (TPSA) is 67.2 Å². The van der Waals surface area contributed by atoms with Gasteiger partial charge in [0.1, 0.15) is 11.7 Å². The van der Waals surface area contributed by atoms with Gasteiger partial charge in [0.05, 0.1) is 18.2 Å². The number of benzene rings is 1. The minimum absolute atomic E-state index is 0.0551. The number of hydrogen-bond donors (Lipinski definition) is 0. The standard InChI is InChI=1S/C16H17NO3/c1-10-3-4-11(8-17)7-13(10)15-14(18)6-5-12(9-20-2)16(15)19/h3-4,7,12,15H,5-6,9H2,1-2H3. The summed E-state index contributed by atoms with van der Waals surface area (Å²) in [4.78, 5) is 24.7. The summed E-state index contributed by atoms with van der Waals surface area (Å²) in [5.74, 6) is -1.10. The predicted octanol–water partition coefficient (Wildman–Crippen LogP) is 2.14. The molecular weight excluding hydrogens is 254 g/mol. The molecule has 0 heterocycles. The second-order valence-electron chi connectivity index (χ2n) is 5.18. The van der Waals surface area contributed by atoms with E-state index in [1.165, 1.54) is 0 Å². The van der Waals surface area contributed by atoms with Gasteiger partial charge in [0.25, 0.3) is 0 Å². The number of ketones is 2. The van der Waals surface area contributed by atoms with Crippen molar-refractivity contribution in [3.63, 3.8) is 0 Å². The molecule has 1 aliphatic carbocycles. The van der Waals surface area contributed by atoms with Crippen molar-refractivity contribution in [2.24, 2.45) is 5.92 Å². The predicted molar refractivity (Wildman–Crippen MR) is 73.2 cm³/mol. The summed E-state index contributed by atoms with van der Waals surface area (Å²) in [6.45, 7) is 2.20. The van der Waals surface area contributed by atoms with E-state index in [0.717, 1.165) is 5.56 Å². The van der Waals surface area contributed by atoms with Gasteiger partial charge >= 0.3 is 0 Å². The lowest BCUT2D eigenvalue weighted by atomic mass is 9.75. The van der Waals surface area contributed by atoms with E-state index in [1.54, 1.807) is 25.3 Å². The fourth-order valence-corrected chi connectivity index (χ4v) is 2.71. The number of Topliss-reactive ketones (excluding diaryl/α,β-unsaturated/α-hetero) is 2. The van der Waals surface area contributed by atoms with Crippen molar-refractivity contribution >= 4 is 11.6 Å². The summed E-state index contributed by atoms with van der Waals surface area (Å²) < 4.78 is 5.06. The molecule has 1 saturated carbocycles. The van der Waals surface area contributed by atoms with Gasteiger partial charge in [0.15, 0.2) is 5.78 Å². The van der Waals surface area contributed by atoms with E-state index < -0.39 is 5.92 Å². The van der Waals surface area contributed by atoms with Crippen molar-refractivity contribution < 1.29 is 14.3 Å². The third-order valence-corrected chi connectivity index (χ3v) is 3.84. The minimum Gasteiger partial charge on any atom is -0.384 e. The van der Waals surface area contributed by atoms with E-state index in [9.17, 15) is 9.59 Å². The highest BCUT2D eigenvalue weighted by atomic mass is 16.5. The monoisotopic (exact) mass is 271 g/mol. The number of rotatable bonds is 3. The Labute approximate surface area is 118 Å². The summed E-state index contributed by atoms with van der Waals surface area (Å²) >= 11 is 0. The van der Waals surface area contributed by atoms with E-state index in [0.29, 0.717) is 30.6 Å². The smallest absolute Gasteiger partial charge is 0.153 e. The number of carbonyl (C=O) groups excluding carboxylic acids is 2. The van der Waals surface area contributed by atoms with Crippen molar-refractivity contribution in [2.75, 3.05) is 13.7 Å². The lowest BCUT2D eigenvalue weighted by Gasteiger charge is -2.27. The van der Waals surface area contributed by atoms with Crippen molar-refractivity contribution in [1.82, 2.24) is 0 Å². The van der Waals surface area contributed by atoms with Gasteiger partial charge in [0.2, 0.25) is 0 Å². The molecule has 0 bridgehead atoms. The fourth-order valence-electron chi connectivity index (χ4n) is 2.71. The van der Waals surface area contributed by atoms with Crippen LogP contribution in [0.5, 0.6) is 0 Å². The van der Waals surface area contributed by atoms with Gasteiger partial charge < -0.3 is 4.74 Å². The highest BCUT2D eigenvalue weighted by Crippen LogP contribution is 2.33. The summed E-state index contributed by atoms with van der Waals surface area (Å²) in [7, 11) is 1.56. The molecule has 20 heavy (non-hydrogen) atoms. The normalized spacial score (nSPS) is 22.6. The van der Waals surface area contributed by atoms with Crippen LogP contribution >= 0.6 is 0 Å². The molecule has 0 radical (unpaired) electrons. The largest absolute Gasteiger partial charge is 0.384 e. The lowest BCUT2D eigenvalue weighted by molar-refractivity contribution is -0.136. The van der Waals surface area contributed by atoms with Crippen LogP contribution in [0.4, 0.5) is 0 Å². The molecule has 0 N–H and O–H groups in total. The second kappa shape index (κ2) is 5.98. The number of nitrogens with zero attached hydrogens (tertiary/aromatic N) is 1. The number of hydrogen-bond acceptors (Lipinski definition) is 4. The summed E-state index contributed by atoms with van der Waals surface area (Å²) in [5, 5.41) is 8.98. The molecular formula is C16H17NO3. The minimum atomic E-state index is -0.739. The van der Waals surface area contributed by atoms with Gasteiger partial charge in [-0.15, -0.1) is 0 Å². The maximum absolute atomic E-state index is 12.5. The second-order valence-corrected chi connectivity index (χ2v) is 5.18. The van der Waals surface area contributed by atoms with Crippen LogP contribution in [-0.2, 0) is 14.3 Å². The Kier molecular flexibility index (Phi) is 4.31. The fraction of sp³-hybridized carbons (Fsp3) is 0.438. The molecule has 104 valence electrons. The van der Waals surface area contributed by atoms with Crippen molar-refractivity contribution in [3.8, 4) is 6.07 Å². The number of ether oxygens (including phenoxy) is 1. The van der Waals surface area contributed by atoms with E-state index in [1.807, 2.05) is 6.92 Å². The molecule has 0 aliphatic heterocycles. The Balaban J connectivity index is 2.41. The highest BCUT2D eigenvalue weighted by molar-refractivity contribution is 6.10. The third-order valence-electron chi connectivity index (χ3n) is 3.84. The number of aryl methyl sites for hydroxylation is 1. The first-order chi connectivity index (χ1) is 9.58. The Morgan fingerprint density at radius 3 is 2.80 bits per heavy atom. The zero-order chi connectivity index (χ0) is 14.7. The SMILES string of the molecule is COCC1CCC(=O)C(c2cc(C#N)ccc2C)C1=O. The maximum atomic E-state index is 12.5. The van der Waals surface area contributed by atoms with E-state index in [4.69, 9.17) is 10.00 Å². The molecule has 0 aromatic heterocycles. The maximum Gasteiger partial charge on any atom is 0.153 e. The van der Waals surface area contributed by atoms with Gasteiger partial charge in [0, 0.05) is 19.4 Å². The van der Waals surface area contributed by atoms with E-state index >= 15 is 0 Å². The van der Waals surface area contributed by atoms with Crippen LogP contribution in [-0.4, -0.2) is 25.3 Å². The Hall–Kier alpha value is -1.99. The lowest BCUT2D eigenvalue weighted by Crippen LogP contribution is -2.36. The van der Waals surface area contributed by atoms with Crippen LogP contribution in [0, 0.1) is 24.2 Å². The third kappa shape index (κ3) is 2.63. The van der Waals surface area contributed by atoms with Crippen LogP contribution in [0.3, 0.4) is 0 Å². The quantitative estimate of drug-likeness (QED) is 0.790.